The van der Waals surface area contributed by atoms with E-state index in [1.807, 2.05) is 24.3 Å². The van der Waals surface area contributed by atoms with Gasteiger partial charge >= 0.3 is 6.03 Å². The molecule has 0 aromatic heterocycles. The lowest BCUT2D eigenvalue weighted by Gasteiger charge is -2.21. The van der Waals surface area contributed by atoms with Gasteiger partial charge in [-0.2, -0.15) is 0 Å². The summed E-state index contributed by atoms with van der Waals surface area (Å²) in [5.41, 5.74) is 2.58. The minimum absolute atomic E-state index is 0.158. The third-order valence-corrected chi connectivity index (χ3v) is 4.51. The Morgan fingerprint density at radius 2 is 2.08 bits per heavy atom. The van der Waals surface area contributed by atoms with Crippen molar-refractivity contribution >= 4 is 6.03 Å². The number of urea groups is 1. The highest BCUT2D eigenvalue weighted by molar-refractivity contribution is 5.75. The Morgan fingerprint density at radius 3 is 2.80 bits per heavy atom. The predicted molar refractivity (Wildman–Crippen MR) is 91.9 cm³/mol. The molecule has 1 aliphatic rings. The first-order valence-electron chi connectivity index (χ1n) is 8.16. The van der Waals surface area contributed by atoms with Crippen LogP contribution in [-0.4, -0.2) is 24.4 Å². The summed E-state index contributed by atoms with van der Waals surface area (Å²) in [5.74, 6) is -0.319. The highest BCUT2D eigenvalue weighted by Crippen LogP contribution is 2.31. The summed E-state index contributed by atoms with van der Waals surface area (Å²) in [6, 6.07) is 10.9. The predicted octanol–water partition coefficient (Wildman–Crippen LogP) is 2.85. The Bertz CT molecular complexity index is 781. The minimum atomic E-state index is -0.656. The van der Waals surface area contributed by atoms with Crippen LogP contribution in [0, 0.1) is 5.82 Å². The molecule has 0 saturated carbocycles. The van der Waals surface area contributed by atoms with E-state index in [1.165, 1.54) is 19.2 Å². The maximum absolute atomic E-state index is 13.8. The van der Waals surface area contributed by atoms with Crippen molar-refractivity contribution in [2.75, 3.05) is 7.11 Å². The number of ether oxygens (including phenoxy) is 1. The molecule has 0 radical (unpaired) electrons. The normalized spacial score (nSPS) is 19.8. The summed E-state index contributed by atoms with van der Waals surface area (Å²) in [7, 11) is 1.40. The largest absolute Gasteiger partial charge is 0.494 e. The van der Waals surface area contributed by atoms with Crippen molar-refractivity contribution in [2.24, 2.45) is 0 Å². The number of carbonyl (C=O) groups excluding carboxylic acids is 1. The van der Waals surface area contributed by atoms with Crippen LogP contribution in [0.3, 0.4) is 0 Å². The van der Waals surface area contributed by atoms with Crippen molar-refractivity contribution in [2.45, 2.75) is 31.5 Å². The maximum atomic E-state index is 13.8. The lowest BCUT2D eigenvalue weighted by atomic mass is 10.1. The molecule has 0 bridgehead atoms. The molecule has 2 aromatic rings. The van der Waals surface area contributed by atoms with Gasteiger partial charge in [0.15, 0.2) is 11.6 Å². The fraction of sp³-hybridized carbons (Fsp3) is 0.316. The molecule has 1 aliphatic carbocycles. The average Bonchev–Trinajstić information content (AvgIpc) is 2.90. The Hall–Kier alpha value is -2.60. The van der Waals surface area contributed by atoms with Gasteiger partial charge in [0.25, 0.3) is 0 Å². The van der Waals surface area contributed by atoms with E-state index >= 15 is 0 Å². The topological polar surface area (TPSA) is 70.6 Å². The highest BCUT2D eigenvalue weighted by atomic mass is 19.1. The van der Waals surface area contributed by atoms with E-state index in [0.717, 1.165) is 11.1 Å². The van der Waals surface area contributed by atoms with Gasteiger partial charge in [0.05, 0.1) is 25.3 Å². The Balaban J connectivity index is 1.65. The summed E-state index contributed by atoms with van der Waals surface area (Å²) in [4.78, 5) is 12.3. The number of benzene rings is 2. The summed E-state index contributed by atoms with van der Waals surface area (Å²) < 4.78 is 18.7. The van der Waals surface area contributed by atoms with E-state index < -0.39 is 30.0 Å². The third-order valence-electron chi connectivity index (χ3n) is 4.51. The summed E-state index contributed by atoms with van der Waals surface area (Å²) in [5, 5.41) is 15.8. The van der Waals surface area contributed by atoms with E-state index in [0.29, 0.717) is 12.0 Å². The molecule has 3 unspecified atom stereocenters. The van der Waals surface area contributed by atoms with Gasteiger partial charge in [0.2, 0.25) is 0 Å². The smallest absolute Gasteiger partial charge is 0.315 e. The molecule has 0 spiro atoms. The number of nitrogens with one attached hydrogen (secondary N) is 2. The van der Waals surface area contributed by atoms with Crippen LogP contribution in [0.4, 0.5) is 9.18 Å². The molecule has 25 heavy (non-hydrogen) atoms. The second-order valence-electron chi connectivity index (χ2n) is 6.18. The highest BCUT2D eigenvalue weighted by Gasteiger charge is 2.32. The first-order valence-corrected chi connectivity index (χ1v) is 8.16. The fourth-order valence-corrected chi connectivity index (χ4v) is 3.16. The molecule has 6 heteroatoms. The molecule has 2 amide bonds. The zero-order valence-electron chi connectivity index (χ0n) is 14.1. The number of amides is 2. The number of halogens is 1. The molecule has 132 valence electrons. The monoisotopic (exact) mass is 344 g/mol. The van der Waals surface area contributed by atoms with Crippen LogP contribution in [0.25, 0.3) is 0 Å². The third kappa shape index (κ3) is 3.58. The number of aliphatic hydroxyl groups is 1. The molecule has 3 rings (SSSR count). The number of fused-ring (bicyclic) bond motifs is 1. The fourth-order valence-electron chi connectivity index (χ4n) is 3.16. The summed E-state index contributed by atoms with van der Waals surface area (Å²) in [6.45, 7) is 1.76. The molecule has 0 aliphatic heterocycles. The van der Waals surface area contributed by atoms with Crippen molar-refractivity contribution < 1.29 is 19.0 Å². The van der Waals surface area contributed by atoms with Gasteiger partial charge in [-0.05, 0) is 35.7 Å². The van der Waals surface area contributed by atoms with Crippen molar-refractivity contribution in [1.29, 1.82) is 0 Å². The number of aliphatic hydroxyl groups excluding tert-OH is 1. The van der Waals surface area contributed by atoms with Crippen molar-refractivity contribution in [1.82, 2.24) is 10.6 Å². The summed E-state index contributed by atoms with van der Waals surface area (Å²) >= 11 is 0. The van der Waals surface area contributed by atoms with E-state index in [2.05, 4.69) is 10.6 Å². The van der Waals surface area contributed by atoms with Crippen LogP contribution >= 0.6 is 0 Å². The second-order valence-corrected chi connectivity index (χ2v) is 6.18. The number of hydrogen-bond donors (Lipinski definition) is 3. The minimum Gasteiger partial charge on any atom is -0.494 e. The first kappa shape index (κ1) is 17.2. The van der Waals surface area contributed by atoms with Gasteiger partial charge in [-0.1, -0.05) is 30.3 Å². The molecule has 2 aromatic carbocycles. The quantitative estimate of drug-likeness (QED) is 0.799. The Labute approximate surface area is 145 Å². The standard InChI is InChI=1S/C19H21FN2O3/c1-11(12-7-8-17(25-2)15(20)9-12)21-19(24)22-18-14-6-4-3-5-13(14)10-16(18)23/h3-9,11,16,18,23H,10H2,1-2H3,(H2,21,22,24). The molecule has 3 N–H and O–H groups in total. The second kappa shape index (κ2) is 7.11. The molecule has 0 saturated heterocycles. The number of rotatable bonds is 4. The number of carbonyl (C=O) groups is 1. The van der Waals surface area contributed by atoms with Gasteiger partial charge in [-0.15, -0.1) is 0 Å². The SMILES string of the molecule is COc1ccc(C(C)NC(=O)NC2c3ccccc3CC2O)cc1F. The van der Waals surface area contributed by atoms with Crippen LogP contribution in [0.15, 0.2) is 42.5 Å². The molecule has 0 heterocycles. The van der Waals surface area contributed by atoms with Gasteiger partial charge in [-0.3, -0.25) is 0 Å². The van der Waals surface area contributed by atoms with E-state index in [4.69, 9.17) is 4.74 Å². The van der Waals surface area contributed by atoms with Crippen LogP contribution in [0.5, 0.6) is 5.75 Å². The Morgan fingerprint density at radius 1 is 1.32 bits per heavy atom. The van der Waals surface area contributed by atoms with Crippen molar-refractivity contribution in [3.63, 3.8) is 0 Å². The van der Waals surface area contributed by atoms with E-state index in [-0.39, 0.29) is 5.75 Å². The van der Waals surface area contributed by atoms with Crippen LogP contribution < -0.4 is 15.4 Å². The van der Waals surface area contributed by atoms with Gasteiger partial charge in [0, 0.05) is 6.42 Å². The molecular formula is C19H21FN2O3. The maximum Gasteiger partial charge on any atom is 0.315 e. The van der Waals surface area contributed by atoms with Crippen molar-refractivity contribution in [3.8, 4) is 5.75 Å². The van der Waals surface area contributed by atoms with Gasteiger partial charge in [0.1, 0.15) is 0 Å². The number of methoxy groups -OCH3 is 1. The average molecular weight is 344 g/mol. The lowest BCUT2D eigenvalue weighted by molar-refractivity contribution is 0.142. The van der Waals surface area contributed by atoms with E-state index in [9.17, 15) is 14.3 Å². The summed E-state index contributed by atoms with van der Waals surface area (Å²) in [6.07, 6.45) is -0.141. The lowest BCUT2D eigenvalue weighted by Crippen LogP contribution is -2.41. The zero-order valence-corrected chi connectivity index (χ0v) is 14.1. The molecular weight excluding hydrogens is 323 g/mol. The zero-order chi connectivity index (χ0) is 18.0. The number of hydrogen-bond acceptors (Lipinski definition) is 3. The van der Waals surface area contributed by atoms with Crippen LogP contribution in [-0.2, 0) is 6.42 Å². The van der Waals surface area contributed by atoms with Crippen LogP contribution in [0.1, 0.15) is 35.7 Å². The van der Waals surface area contributed by atoms with Crippen molar-refractivity contribution in [3.05, 3.63) is 65.0 Å². The van der Waals surface area contributed by atoms with E-state index in [1.54, 1.807) is 13.0 Å². The van der Waals surface area contributed by atoms with Gasteiger partial charge < -0.3 is 20.5 Å². The first-order chi connectivity index (χ1) is 12.0. The van der Waals surface area contributed by atoms with Crippen LogP contribution in [0.2, 0.25) is 0 Å². The molecule has 0 fully saturated rings. The molecule has 5 nitrogen and oxygen atoms in total. The molecule has 3 atom stereocenters. The van der Waals surface area contributed by atoms with Gasteiger partial charge in [-0.25, -0.2) is 9.18 Å². The Kier molecular flexibility index (Phi) is 4.90.